The molecule has 0 fully saturated rings. The van der Waals surface area contributed by atoms with Crippen molar-refractivity contribution in [1.82, 2.24) is 4.57 Å². The number of nitrogens with zero attached hydrogens (tertiary/aromatic N) is 1. The molecule has 0 atom stereocenters. The lowest BCUT2D eigenvalue weighted by Crippen LogP contribution is -2.14. The summed E-state index contributed by atoms with van der Waals surface area (Å²) in [5.41, 5.74) is 3.64. The van der Waals surface area contributed by atoms with Crippen LogP contribution in [0.4, 0.5) is 0 Å². The highest BCUT2D eigenvalue weighted by Gasteiger charge is 2.10. The van der Waals surface area contributed by atoms with E-state index in [0.717, 1.165) is 0 Å². The number of aryl methyl sites for hydroxylation is 2. The lowest BCUT2D eigenvalue weighted by Gasteiger charge is -2.06. The van der Waals surface area contributed by atoms with Gasteiger partial charge in [0.25, 0.3) is 0 Å². The minimum absolute atomic E-state index is 0.227. The summed E-state index contributed by atoms with van der Waals surface area (Å²) < 4.78 is 24.8. The maximum absolute atomic E-state index is 11.4. The molecule has 0 N–H and O–H groups in total. The first-order chi connectivity index (χ1) is 6.87. The van der Waals surface area contributed by atoms with Crippen LogP contribution in [0.1, 0.15) is 23.7 Å². The first-order valence-corrected chi connectivity index (χ1v) is 7.03. The zero-order valence-corrected chi connectivity index (χ0v) is 10.7. The van der Waals surface area contributed by atoms with Crippen molar-refractivity contribution in [3.8, 4) is 0 Å². The van der Waals surface area contributed by atoms with Gasteiger partial charge in [-0.15, -0.1) is 0 Å². The Morgan fingerprint density at radius 3 is 2.27 bits per heavy atom. The van der Waals surface area contributed by atoms with Gasteiger partial charge in [0, 0.05) is 24.2 Å². The monoisotopic (exact) mass is 229 g/mol. The molecule has 0 saturated heterocycles. The van der Waals surface area contributed by atoms with Gasteiger partial charge in [0.05, 0.1) is 5.75 Å². The van der Waals surface area contributed by atoms with Crippen LogP contribution in [0.15, 0.2) is 6.20 Å². The van der Waals surface area contributed by atoms with Crippen molar-refractivity contribution in [1.29, 1.82) is 0 Å². The van der Waals surface area contributed by atoms with E-state index in [2.05, 4.69) is 6.92 Å². The molecule has 86 valence electrons. The number of hydrogen-bond acceptors (Lipinski definition) is 2. The van der Waals surface area contributed by atoms with Gasteiger partial charge in [-0.2, -0.15) is 0 Å². The van der Waals surface area contributed by atoms with Crippen LogP contribution in [0.25, 0.3) is 0 Å². The average molecular weight is 229 g/mol. The van der Waals surface area contributed by atoms with Crippen molar-refractivity contribution in [2.75, 3.05) is 11.5 Å². The predicted octanol–water partition coefficient (Wildman–Crippen LogP) is 1.85. The second-order valence-electron chi connectivity index (χ2n) is 3.95. The summed E-state index contributed by atoms with van der Waals surface area (Å²) in [4.78, 5) is 0. The molecule has 0 spiro atoms. The Bertz CT molecular complexity index is 443. The quantitative estimate of drug-likeness (QED) is 0.790. The molecule has 0 aliphatic carbocycles. The summed E-state index contributed by atoms with van der Waals surface area (Å²) in [5.74, 6) is 0.461. The van der Waals surface area contributed by atoms with E-state index in [9.17, 15) is 8.42 Å². The SMILES string of the molecule is CCS(=O)(=O)CCn1cc(C)c(C)c1C. The zero-order valence-electron chi connectivity index (χ0n) is 9.87. The molecule has 15 heavy (non-hydrogen) atoms. The third kappa shape index (κ3) is 2.84. The minimum Gasteiger partial charge on any atom is -0.350 e. The Morgan fingerprint density at radius 1 is 1.27 bits per heavy atom. The molecular formula is C11H19NO2S. The molecule has 0 aliphatic rings. The van der Waals surface area contributed by atoms with Gasteiger partial charge in [-0.25, -0.2) is 8.42 Å². The Labute approximate surface area is 92.0 Å². The third-order valence-corrected chi connectivity index (χ3v) is 4.68. The number of hydrogen-bond donors (Lipinski definition) is 0. The van der Waals surface area contributed by atoms with Crippen molar-refractivity contribution in [2.24, 2.45) is 0 Å². The fraction of sp³-hybridized carbons (Fsp3) is 0.636. The normalized spacial score (nSPS) is 12.0. The summed E-state index contributed by atoms with van der Waals surface area (Å²) in [6.45, 7) is 8.40. The maximum atomic E-state index is 11.4. The van der Waals surface area contributed by atoms with E-state index in [1.54, 1.807) is 6.92 Å². The molecule has 0 aliphatic heterocycles. The van der Waals surface area contributed by atoms with E-state index >= 15 is 0 Å². The van der Waals surface area contributed by atoms with Crippen LogP contribution >= 0.6 is 0 Å². The van der Waals surface area contributed by atoms with Crippen LogP contribution < -0.4 is 0 Å². The summed E-state index contributed by atoms with van der Waals surface area (Å²) >= 11 is 0. The summed E-state index contributed by atoms with van der Waals surface area (Å²) in [5, 5.41) is 0. The maximum Gasteiger partial charge on any atom is 0.151 e. The second-order valence-corrected chi connectivity index (χ2v) is 6.43. The lowest BCUT2D eigenvalue weighted by molar-refractivity contribution is 0.589. The Morgan fingerprint density at radius 2 is 1.87 bits per heavy atom. The summed E-state index contributed by atoms with van der Waals surface area (Å²) in [7, 11) is -2.86. The lowest BCUT2D eigenvalue weighted by atomic mass is 10.2. The van der Waals surface area contributed by atoms with Gasteiger partial charge in [-0.3, -0.25) is 0 Å². The number of rotatable bonds is 4. The minimum atomic E-state index is -2.86. The standard InChI is InChI=1S/C11H19NO2S/c1-5-15(13,14)7-6-12-8-9(2)10(3)11(12)4/h8H,5-7H2,1-4H3. The van der Waals surface area contributed by atoms with Crippen LogP contribution in [-0.2, 0) is 16.4 Å². The highest BCUT2D eigenvalue weighted by Crippen LogP contribution is 2.14. The van der Waals surface area contributed by atoms with Crippen molar-refractivity contribution in [2.45, 2.75) is 34.2 Å². The predicted molar refractivity (Wildman–Crippen MR) is 63.0 cm³/mol. The smallest absolute Gasteiger partial charge is 0.151 e. The molecule has 0 radical (unpaired) electrons. The van der Waals surface area contributed by atoms with Gasteiger partial charge in [0.15, 0.2) is 9.84 Å². The van der Waals surface area contributed by atoms with Gasteiger partial charge in [-0.1, -0.05) is 6.92 Å². The van der Waals surface area contributed by atoms with Crippen LogP contribution in [0.3, 0.4) is 0 Å². The Balaban J connectivity index is 2.79. The molecule has 1 aromatic rings. The molecule has 1 rings (SSSR count). The molecule has 0 amide bonds. The molecule has 0 aromatic carbocycles. The molecule has 0 saturated carbocycles. The number of sulfone groups is 1. The summed E-state index contributed by atoms with van der Waals surface area (Å²) in [6.07, 6.45) is 2.02. The molecule has 0 unspecified atom stereocenters. The summed E-state index contributed by atoms with van der Waals surface area (Å²) in [6, 6.07) is 0. The topological polar surface area (TPSA) is 39.1 Å². The van der Waals surface area contributed by atoms with Gasteiger partial charge in [0.2, 0.25) is 0 Å². The first kappa shape index (κ1) is 12.3. The van der Waals surface area contributed by atoms with Gasteiger partial charge in [-0.05, 0) is 31.9 Å². The average Bonchev–Trinajstić information content (AvgIpc) is 2.43. The van der Waals surface area contributed by atoms with E-state index in [0.29, 0.717) is 6.54 Å². The van der Waals surface area contributed by atoms with Gasteiger partial charge in [0.1, 0.15) is 0 Å². The molecular weight excluding hydrogens is 210 g/mol. The van der Waals surface area contributed by atoms with Crippen molar-refractivity contribution in [3.05, 3.63) is 23.0 Å². The molecule has 1 aromatic heterocycles. The second kappa shape index (κ2) is 4.39. The molecule has 3 nitrogen and oxygen atoms in total. The van der Waals surface area contributed by atoms with Crippen LogP contribution in [0.2, 0.25) is 0 Å². The van der Waals surface area contributed by atoms with E-state index in [1.165, 1.54) is 16.8 Å². The Hall–Kier alpha value is -0.770. The highest BCUT2D eigenvalue weighted by atomic mass is 32.2. The molecule has 0 bridgehead atoms. The van der Waals surface area contributed by atoms with E-state index < -0.39 is 9.84 Å². The van der Waals surface area contributed by atoms with Crippen molar-refractivity contribution in [3.63, 3.8) is 0 Å². The van der Waals surface area contributed by atoms with E-state index in [4.69, 9.17) is 0 Å². The van der Waals surface area contributed by atoms with Gasteiger partial charge < -0.3 is 4.57 Å². The third-order valence-electron chi connectivity index (χ3n) is 3.00. The van der Waals surface area contributed by atoms with Crippen molar-refractivity contribution >= 4 is 9.84 Å². The zero-order chi connectivity index (χ0) is 11.6. The fourth-order valence-electron chi connectivity index (χ4n) is 1.54. The van der Waals surface area contributed by atoms with Crippen molar-refractivity contribution < 1.29 is 8.42 Å². The van der Waals surface area contributed by atoms with E-state index in [1.807, 2.05) is 24.6 Å². The largest absolute Gasteiger partial charge is 0.350 e. The van der Waals surface area contributed by atoms with Crippen LogP contribution in [-0.4, -0.2) is 24.5 Å². The molecule has 4 heteroatoms. The highest BCUT2D eigenvalue weighted by molar-refractivity contribution is 7.91. The number of aromatic nitrogens is 1. The Kier molecular flexibility index (Phi) is 3.60. The van der Waals surface area contributed by atoms with Crippen LogP contribution in [0.5, 0.6) is 0 Å². The van der Waals surface area contributed by atoms with Crippen LogP contribution in [0, 0.1) is 20.8 Å². The fourth-order valence-corrected chi connectivity index (χ4v) is 2.31. The molecule has 1 heterocycles. The van der Waals surface area contributed by atoms with Gasteiger partial charge >= 0.3 is 0 Å². The van der Waals surface area contributed by atoms with E-state index in [-0.39, 0.29) is 11.5 Å². The first-order valence-electron chi connectivity index (χ1n) is 5.20.